The van der Waals surface area contributed by atoms with Gasteiger partial charge in [0.1, 0.15) is 22.3 Å². The van der Waals surface area contributed by atoms with Gasteiger partial charge < -0.3 is 8.83 Å². The minimum atomic E-state index is 0.944. The fourth-order valence-electron chi connectivity index (χ4n) is 5.29. The molecule has 2 aromatic heterocycles. The van der Waals surface area contributed by atoms with Gasteiger partial charge in [-0.3, -0.25) is 0 Å². The molecule has 0 saturated heterocycles. The van der Waals surface area contributed by atoms with Crippen LogP contribution in [0.15, 0.2) is 69.5 Å². The van der Waals surface area contributed by atoms with Crippen molar-refractivity contribution in [1.29, 1.82) is 0 Å². The van der Waals surface area contributed by atoms with Crippen LogP contribution in [0.2, 0.25) is 0 Å². The van der Waals surface area contributed by atoms with Gasteiger partial charge in [0, 0.05) is 32.3 Å². The van der Waals surface area contributed by atoms with Crippen molar-refractivity contribution in [1.82, 2.24) is 0 Å². The third kappa shape index (κ3) is 3.49. The van der Waals surface area contributed by atoms with E-state index in [1.54, 1.807) is 0 Å². The van der Waals surface area contributed by atoms with Crippen molar-refractivity contribution < 1.29 is 8.83 Å². The first kappa shape index (κ1) is 20.4. The average Bonchev–Trinajstić information content (AvgIpc) is 3.38. The van der Waals surface area contributed by atoms with Crippen LogP contribution in [0.4, 0.5) is 0 Å². The van der Waals surface area contributed by atoms with E-state index < -0.39 is 0 Å². The number of unbranched alkanes of at least 4 members (excludes halogenated alkanes) is 5. The predicted octanol–water partition coefficient (Wildman–Crippen LogP) is 9.85. The number of fused-ring (bicyclic) bond motifs is 9. The van der Waals surface area contributed by atoms with Crippen LogP contribution in [-0.2, 0) is 6.42 Å². The highest BCUT2D eigenvalue weighted by Crippen LogP contribution is 2.39. The molecule has 0 aliphatic carbocycles. The van der Waals surface area contributed by atoms with E-state index in [4.69, 9.17) is 8.83 Å². The normalized spacial score (nSPS) is 12.2. The first-order chi connectivity index (χ1) is 16.2. The highest BCUT2D eigenvalue weighted by atomic mass is 16.3. The van der Waals surface area contributed by atoms with Crippen molar-refractivity contribution in [2.45, 2.75) is 58.8 Å². The minimum Gasteiger partial charge on any atom is -0.455 e. The number of furan rings is 2. The Balaban J connectivity index is 1.40. The van der Waals surface area contributed by atoms with Gasteiger partial charge in [-0.05, 0) is 67.3 Å². The van der Waals surface area contributed by atoms with Gasteiger partial charge in [0.25, 0.3) is 0 Å². The van der Waals surface area contributed by atoms with Gasteiger partial charge in [-0.1, -0.05) is 63.3 Å². The molecule has 6 rings (SSSR count). The molecule has 0 spiro atoms. The van der Waals surface area contributed by atoms with Gasteiger partial charge in [0.15, 0.2) is 0 Å². The fraction of sp³-hybridized carbons (Fsp3) is 0.290. The highest BCUT2D eigenvalue weighted by Gasteiger charge is 2.15. The summed E-state index contributed by atoms with van der Waals surface area (Å²) in [6, 6.07) is 21.9. The maximum absolute atomic E-state index is 6.47. The summed E-state index contributed by atoms with van der Waals surface area (Å²) in [5, 5.41) is 6.93. The average molecular weight is 435 g/mol. The van der Waals surface area contributed by atoms with E-state index in [-0.39, 0.29) is 0 Å². The summed E-state index contributed by atoms with van der Waals surface area (Å²) in [5.74, 6) is 0. The van der Waals surface area contributed by atoms with Crippen molar-refractivity contribution >= 4 is 54.6 Å². The van der Waals surface area contributed by atoms with Crippen molar-refractivity contribution in [3.05, 3.63) is 71.8 Å². The molecule has 4 aromatic carbocycles. The molecule has 166 valence electrons. The third-order valence-corrected chi connectivity index (χ3v) is 7.11. The van der Waals surface area contributed by atoms with E-state index in [0.717, 1.165) is 44.9 Å². The molecule has 0 saturated carbocycles. The van der Waals surface area contributed by atoms with Crippen LogP contribution in [0.1, 0.15) is 56.6 Å². The molecule has 0 fully saturated rings. The standard InChI is InChI=1S/C31H30O2/c1-3-4-5-6-7-8-9-21-11-13-23-25-15-17-26-27(31(25)33-29(23)19-21)16-14-24-22-12-10-20(2)18-28(22)32-30(24)26/h10-19H,3-9H2,1-2H3. The van der Waals surface area contributed by atoms with Crippen LogP contribution in [0, 0.1) is 6.92 Å². The zero-order chi connectivity index (χ0) is 22.4. The summed E-state index contributed by atoms with van der Waals surface area (Å²) in [4.78, 5) is 0. The second-order valence-electron chi connectivity index (χ2n) is 9.53. The van der Waals surface area contributed by atoms with E-state index in [0.29, 0.717) is 0 Å². The first-order valence-electron chi connectivity index (χ1n) is 12.4. The maximum atomic E-state index is 6.47. The minimum absolute atomic E-state index is 0.944. The summed E-state index contributed by atoms with van der Waals surface area (Å²) >= 11 is 0. The predicted molar refractivity (Wildman–Crippen MR) is 140 cm³/mol. The molecule has 0 atom stereocenters. The number of hydrogen-bond acceptors (Lipinski definition) is 2. The van der Waals surface area contributed by atoms with Gasteiger partial charge in [-0.15, -0.1) is 0 Å². The lowest BCUT2D eigenvalue weighted by molar-refractivity contribution is 0.607. The van der Waals surface area contributed by atoms with Crippen molar-refractivity contribution in [3.63, 3.8) is 0 Å². The molecule has 0 aliphatic rings. The van der Waals surface area contributed by atoms with E-state index in [9.17, 15) is 0 Å². The van der Waals surface area contributed by atoms with Gasteiger partial charge in [-0.2, -0.15) is 0 Å². The highest BCUT2D eigenvalue weighted by molar-refractivity contribution is 6.22. The molecule has 0 N–H and O–H groups in total. The molecule has 2 heterocycles. The molecular weight excluding hydrogens is 404 g/mol. The summed E-state index contributed by atoms with van der Waals surface area (Å²) in [7, 11) is 0. The Kier molecular flexibility index (Phi) is 5.10. The Morgan fingerprint density at radius 1 is 0.545 bits per heavy atom. The molecule has 33 heavy (non-hydrogen) atoms. The molecule has 0 bridgehead atoms. The SMILES string of the molecule is CCCCCCCCc1ccc2c(c1)oc1c2ccc2c1ccc1c3ccc(C)cc3oc12. The number of hydrogen-bond donors (Lipinski definition) is 0. The van der Waals surface area contributed by atoms with Crippen LogP contribution < -0.4 is 0 Å². The smallest absolute Gasteiger partial charge is 0.143 e. The number of aryl methyl sites for hydroxylation is 2. The second-order valence-corrected chi connectivity index (χ2v) is 9.53. The number of rotatable bonds is 7. The van der Waals surface area contributed by atoms with E-state index >= 15 is 0 Å². The quantitative estimate of drug-likeness (QED) is 0.234. The molecule has 0 amide bonds. The lowest BCUT2D eigenvalue weighted by Gasteiger charge is -2.02. The Morgan fingerprint density at radius 3 is 1.73 bits per heavy atom. The molecular formula is C31H30O2. The Morgan fingerprint density at radius 2 is 1.06 bits per heavy atom. The van der Waals surface area contributed by atoms with Gasteiger partial charge in [0.05, 0.1) is 0 Å². The molecule has 0 aliphatic heterocycles. The van der Waals surface area contributed by atoms with Gasteiger partial charge in [-0.25, -0.2) is 0 Å². The molecule has 0 radical (unpaired) electrons. The van der Waals surface area contributed by atoms with Crippen molar-refractivity contribution in [2.24, 2.45) is 0 Å². The Labute approximate surface area is 194 Å². The third-order valence-electron chi connectivity index (χ3n) is 7.11. The van der Waals surface area contributed by atoms with Crippen molar-refractivity contribution in [2.75, 3.05) is 0 Å². The summed E-state index contributed by atoms with van der Waals surface area (Å²) in [6.45, 7) is 4.37. The van der Waals surface area contributed by atoms with Crippen LogP contribution in [-0.4, -0.2) is 0 Å². The lowest BCUT2D eigenvalue weighted by atomic mass is 10.0. The summed E-state index contributed by atoms with van der Waals surface area (Å²) < 4.78 is 12.8. The van der Waals surface area contributed by atoms with Crippen molar-refractivity contribution in [3.8, 4) is 0 Å². The summed E-state index contributed by atoms with van der Waals surface area (Å²) in [5.41, 5.74) is 6.42. The second kappa shape index (κ2) is 8.26. The van der Waals surface area contributed by atoms with Crippen LogP contribution in [0.3, 0.4) is 0 Å². The Hall–Kier alpha value is -3.26. The molecule has 6 aromatic rings. The zero-order valence-corrected chi connectivity index (χ0v) is 19.5. The zero-order valence-electron chi connectivity index (χ0n) is 19.5. The Bertz CT molecular complexity index is 1610. The largest absolute Gasteiger partial charge is 0.455 e. The topological polar surface area (TPSA) is 26.3 Å². The summed E-state index contributed by atoms with van der Waals surface area (Å²) in [6.07, 6.45) is 9.07. The van der Waals surface area contributed by atoms with Crippen LogP contribution in [0.25, 0.3) is 54.6 Å². The maximum Gasteiger partial charge on any atom is 0.143 e. The van der Waals surface area contributed by atoms with Gasteiger partial charge >= 0.3 is 0 Å². The fourth-order valence-corrected chi connectivity index (χ4v) is 5.29. The molecule has 0 unspecified atom stereocenters. The van der Waals surface area contributed by atoms with Gasteiger partial charge in [0.2, 0.25) is 0 Å². The molecule has 2 nitrogen and oxygen atoms in total. The lowest BCUT2D eigenvalue weighted by Crippen LogP contribution is -1.86. The molecule has 2 heteroatoms. The van der Waals surface area contributed by atoms with Crippen LogP contribution >= 0.6 is 0 Å². The van der Waals surface area contributed by atoms with E-state index in [1.165, 1.54) is 65.8 Å². The van der Waals surface area contributed by atoms with E-state index in [2.05, 4.69) is 74.5 Å². The monoisotopic (exact) mass is 434 g/mol. The van der Waals surface area contributed by atoms with Crippen LogP contribution in [0.5, 0.6) is 0 Å². The number of benzene rings is 4. The van der Waals surface area contributed by atoms with E-state index in [1.807, 2.05) is 0 Å². The first-order valence-corrected chi connectivity index (χ1v) is 12.4.